The van der Waals surface area contributed by atoms with Gasteiger partial charge in [-0.3, -0.25) is 9.36 Å². The summed E-state index contributed by atoms with van der Waals surface area (Å²) < 4.78 is 5.80. The first-order valence-corrected chi connectivity index (χ1v) is 6.31. The Morgan fingerprint density at radius 1 is 1.47 bits per heavy atom. The van der Waals surface area contributed by atoms with Crippen molar-refractivity contribution in [2.45, 2.75) is 13.5 Å². The van der Waals surface area contributed by atoms with Gasteiger partial charge in [0.25, 0.3) is 0 Å². The highest BCUT2D eigenvalue weighted by Gasteiger charge is 2.06. The van der Waals surface area contributed by atoms with Gasteiger partial charge in [-0.2, -0.15) is 10.2 Å². The Bertz CT molecular complexity index is 469. The van der Waals surface area contributed by atoms with Crippen LogP contribution in [-0.4, -0.2) is 19.6 Å². The number of nitrogens with zero attached hydrogens (tertiary/aromatic N) is 4. The monoisotopic (exact) mass is 380 g/mol. The maximum Gasteiger partial charge on any atom is 0.137 e. The second-order valence-corrected chi connectivity index (χ2v) is 5.24. The SMILES string of the molecule is Cc1cc(Cn2cc(Br)c(I)n2)n(C)n1. The van der Waals surface area contributed by atoms with Gasteiger partial charge in [0.1, 0.15) is 3.70 Å². The van der Waals surface area contributed by atoms with E-state index in [1.54, 1.807) is 0 Å². The number of hydrogen-bond acceptors (Lipinski definition) is 2. The van der Waals surface area contributed by atoms with Crippen molar-refractivity contribution in [2.75, 3.05) is 0 Å². The first-order chi connectivity index (χ1) is 7.06. The van der Waals surface area contributed by atoms with Crippen LogP contribution in [0.4, 0.5) is 0 Å². The first kappa shape index (κ1) is 11.1. The third kappa shape index (κ3) is 2.41. The first-order valence-electron chi connectivity index (χ1n) is 4.44. The normalized spacial score (nSPS) is 10.9. The van der Waals surface area contributed by atoms with Gasteiger partial charge in [-0.1, -0.05) is 0 Å². The van der Waals surface area contributed by atoms with Crippen LogP contribution in [0.25, 0.3) is 0 Å². The summed E-state index contributed by atoms with van der Waals surface area (Å²) >= 11 is 5.64. The van der Waals surface area contributed by atoms with Gasteiger partial charge >= 0.3 is 0 Å². The maximum absolute atomic E-state index is 4.37. The van der Waals surface area contributed by atoms with Gasteiger partial charge in [-0.15, -0.1) is 0 Å². The van der Waals surface area contributed by atoms with Gasteiger partial charge in [0.2, 0.25) is 0 Å². The molecule has 0 amide bonds. The average molecular weight is 381 g/mol. The minimum Gasteiger partial charge on any atom is -0.270 e. The van der Waals surface area contributed by atoms with E-state index in [2.05, 4.69) is 54.8 Å². The lowest BCUT2D eigenvalue weighted by Gasteiger charge is -2.01. The van der Waals surface area contributed by atoms with Gasteiger partial charge < -0.3 is 0 Å². The molecule has 0 aliphatic rings. The molecule has 0 aliphatic heterocycles. The van der Waals surface area contributed by atoms with Crippen LogP contribution in [0.1, 0.15) is 11.4 Å². The number of rotatable bonds is 2. The van der Waals surface area contributed by atoms with Gasteiger partial charge in [0, 0.05) is 13.2 Å². The van der Waals surface area contributed by atoms with E-state index in [-0.39, 0.29) is 0 Å². The van der Waals surface area contributed by atoms with E-state index >= 15 is 0 Å². The van der Waals surface area contributed by atoms with Crippen LogP contribution in [0.3, 0.4) is 0 Å². The van der Waals surface area contributed by atoms with Gasteiger partial charge in [0.05, 0.1) is 22.4 Å². The number of hydrogen-bond donors (Lipinski definition) is 0. The molecular formula is C9H10BrIN4. The second-order valence-electron chi connectivity index (χ2n) is 3.37. The van der Waals surface area contributed by atoms with Crippen molar-refractivity contribution in [3.05, 3.63) is 31.8 Å². The molecule has 0 unspecified atom stereocenters. The van der Waals surface area contributed by atoms with Crippen molar-refractivity contribution in [2.24, 2.45) is 7.05 Å². The second kappa shape index (κ2) is 4.25. The van der Waals surface area contributed by atoms with Crippen LogP contribution in [0.5, 0.6) is 0 Å². The molecule has 0 saturated heterocycles. The van der Waals surface area contributed by atoms with Crippen molar-refractivity contribution in [1.29, 1.82) is 0 Å². The Hall–Kier alpha value is -0.370. The topological polar surface area (TPSA) is 35.6 Å². The molecule has 0 N–H and O–H groups in total. The predicted molar refractivity (Wildman–Crippen MR) is 69.7 cm³/mol. The fourth-order valence-corrected chi connectivity index (χ4v) is 2.16. The minimum absolute atomic E-state index is 0.749. The Labute approximate surface area is 110 Å². The van der Waals surface area contributed by atoms with Crippen LogP contribution in [-0.2, 0) is 13.6 Å². The molecule has 0 aliphatic carbocycles. The molecule has 15 heavy (non-hydrogen) atoms. The lowest BCUT2D eigenvalue weighted by molar-refractivity contribution is 0.616. The molecule has 0 spiro atoms. The Morgan fingerprint density at radius 2 is 2.20 bits per heavy atom. The summed E-state index contributed by atoms with van der Waals surface area (Å²) in [6.45, 7) is 2.74. The molecule has 0 radical (unpaired) electrons. The van der Waals surface area contributed by atoms with Crippen LogP contribution in [0, 0.1) is 10.6 Å². The highest BCUT2D eigenvalue weighted by atomic mass is 127. The molecule has 0 fully saturated rings. The van der Waals surface area contributed by atoms with Crippen molar-refractivity contribution in [1.82, 2.24) is 19.6 Å². The Morgan fingerprint density at radius 3 is 2.67 bits per heavy atom. The van der Waals surface area contributed by atoms with Crippen molar-refractivity contribution < 1.29 is 0 Å². The summed E-state index contributed by atoms with van der Waals surface area (Å²) in [6.07, 6.45) is 1.98. The minimum atomic E-state index is 0.749. The van der Waals surface area contributed by atoms with E-state index in [0.29, 0.717) is 0 Å². The smallest absolute Gasteiger partial charge is 0.137 e. The largest absolute Gasteiger partial charge is 0.270 e. The van der Waals surface area contributed by atoms with E-state index in [1.165, 1.54) is 0 Å². The Kier molecular flexibility index (Phi) is 3.15. The summed E-state index contributed by atoms with van der Waals surface area (Å²) in [4.78, 5) is 0. The van der Waals surface area contributed by atoms with Gasteiger partial charge in [0.15, 0.2) is 0 Å². The third-order valence-corrected chi connectivity index (χ3v) is 4.22. The van der Waals surface area contributed by atoms with Crippen LogP contribution < -0.4 is 0 Å². The summed E-state index contributed by atoms with van der Waals surface area (Å²) in [5.41, 5.74) is 2.19. The molecule has 6 heteroatoms. The fourth-order valence-electron chi connectivity index (χ4n) is 1.43. The zero-order valence-electron chi connectivity index (χ0n) is 8.41. The summed E-state index contributed by atoms with van der Waals surface area (Å²) in [5, 5.41) is 8.67. The molecular weight excluding hydrogens is 371 g/mol. The molecule has 0 saturated carbocycles. The quantitative estimate of drug-likeness (QED) is 0.749. The molecule has 4 nitrogen and oxygen atoms in total. The van der Waals surface area contributed by atoms with Gasteiger partial charge in [-0.05, 0) is 51.5 Å². The summed E-state index contributed by atoms with van der Waals surface area (Å²) in [7, 11) is 1.95. The zero-order valence-corrected chi connectivity index (χ0v) is 12.2. The molecule has 0 atom stereocenters. The van der Waals surface area contributed by atoms with Crippen molar-refractivity contribution >= 4 is 38.5 Å². The molecule has 0 bridgehead atoms. The van der Waals surface area contributed by atoms with Crippen molar-refractivity contribution in [3.63, 3.8) is 0 Å². The summed E-state index contributed by atoms with van der Waals surface area (Å²) in [5.74, 6) is 0. The standard InChI is InChI=1S/C9H10BrIN4/c1-6-3-7(14(2)12-6)4-15-5-8(10)9(11)13-15/h3,5H,4H2,1-2H3. The van der Waals surface area contributed by atoms with E-state index in [0.717, 1.165) is 26.1 Å². The summed E-state index contributed by atoms with van der Waals surface area (Å²) in [6, 6.07) is 2.07. The average Bonchev–Trinajstić information content (AvgIpc) is 2.59. The van der Waals surface area contributed by atoms with Crippen molar-refractivity contribution in [3.8, 4) is 0 Å². The molecule has 2 heterocycles. The van der Waals surface area contributed by atoms with Gasteiger partial charge in [-0.25, -0.2) is 0 Å². The zero-order chi connectivity index (χ0) is 11.0. The van der Waals surface area contributed by atoms with E-state index < -0.39 is 0 Å². The molecule has 2 rings (SSSR count). The van der Waals surface area contributed by atoms with Crippen LogP contribution in [0.2, 0.25) is 0 Å². The van der Waals surface area contributed by atoms with E-state index in [9.17, 15) is 0 Å². The lowest BCUT2D eigenvalue weighted by atomic mass is 10.4. The fraction of sp³-hybridized carbons (Fsp3) is 0.333. The van der Waals surface area contributed by atoms with Crippen LogP contribution >= 0.6 is 38.5 Å². The molecule has 0 aromatic carbocycles. The molecule has 80 valence electrons. The number of aryl methyl sites for hydroxylation is 2. The Balaban J connectivity index is 2.25. The lowest BCUT2D eigenvalue weighted by Crippen LogP contribution is -2.05. The highest BCUT2D eigenvalue weighted by molar-refractivity contribution is 14.1. The van der Waals surface area contributed by atoms with E-state index in [4.69, 9.17) is 0 Å². The third-order valence-electron chi connectivity index (χ3n) is 2.10. The molecule has 2 aromatic heterocycles. The predicted octanol–water partition coefficient (Wildman–Crippen LogP) is 2.34. The molecule has 2 aromatic rings. The van der Waals surface area contributed by atoms with Crippen LogP contribution in [0.15, 0.2) is 16.7 Å². The van der Waals surface area contributed by atoms with E-state index in [1.807, 2.05) is 29.5 Å². The number of aromatic nitrogens is 4. The number of halogens is 2. The highest BCUT2D eigenvalue weighted by Crippen LogP contribution is 2.17. The maximum atomic E-state index is 4.37.